The van der Waals surface area contributed by atoms with Gasteiger partial charge in [-0.25, -0.2) is 4.68 Å². The molecule has 1 aliphatic heterocycles. The van der Waals surface area contributed by atoms with Crippen molar-refractivity contribution in [1.29, 1.82) is 0 Å². The number of para-hydroxylation sites is 1. The molecule has 5 nitrogen and oxygen atoms in total. The van der Waals surface area contributed by atoms with Crippen molar-refractivity contribution in [3.05, 3.63) is 95.0 Å². The highest BCUT2D eigenvalue weighted by atomic mass is 79.9. The number of aromatic nitrogens is 2. The lowest BCUT2D eigenvalue weighted by molar-refractivity contribution is -0.128. The Morgan fingerprint density at radius 1 is 1.07 bits per heavy atom. The highest BCUT2D eigenvalue weighted by Crippen LogP contribution is 2.43. The summed E-state index contributed by atoms with van der Waals surface area (Å²) in [6.07, 6.45) is 3.68. The van der Waals surface area contributed by atoms with Gasteiger partial charge in [0.15, 0.2) is 0 Å². The van der Waals surface area contributed by atoms with Gasteiger partial charge in [0.25, 0.3) is 0 Å². The van der Waals surface area contributed by atoms with Crippen molar-refractivity contribution >= 4 is 33.6 Å². The van der Waals surface area contributed by atoms with Gasteiger partial charge in [-0.2, -0.15) is 5.10 Å². The molecule has 0 spiro atoms. The van der Waals surface area contributed by atoms with Crippen LogP contribution in [0.15, 0.2) is 88.1 Å². The number of furan rings is 1. The number of hydrogen-bond donors (Lipinski definition) is 0. The molecular formula is C23H18BrN3O2S. The third kappa shape index (κ3) is 3.70. The zero-order valence-electron chi connectivity index (χ0n) is 15.9. The molecule has 3 heterocycles. The van der Waals surface area contributed by atoms with Gasteiger partial charge in [0.2, 0.25) is 5.91 Å². The van der Waals surface area contributed by atoms with Crippen LogP contribution in [0.3, 0.4) is 0 Å². The lowest BCUT2D eigenvalue weighted by Gasteiger charge is -2.23. The van der Waals surface area contributed by atoms with Crippen molar-refractivity contribution in [3.63, 3.8) is 0 Å². The Labute approximate surface area is 186 Å². The smallest absolute Gasteiger partial charge is 0.234 e. The second kappa shape index (κ2) is 8.16. The van der Waals surface area contributed by atoms with E-state index in [4.69, 9.17) is 9.52 Å². The molecule has 0 bridgehead atoms. The van der Waals surface area contributed by atoms with Gasteiger partial charge in [-0.3, -0.25) is 4.79 Å². The van der Waals surface area contributed by atoms with Crippen LogP contribution < -0.4 is 0 Å². The number of carbonyl (C=O) groups is 1. The van der Waals surface area contributed by atoms with E-state index in [0.717, 1.165) is 32.7 Å². The first kappa shape index (κ1) is 19.2. The molecule has 1 aliphatic rings. The quantitative estimate of drug-likeness (QED) is 0.370. The fraction of sp³-hybridized carbons (Fsp3) is 0.130. The molecule has 0 aliphatic carbocycles. The van der Waals surface area contributed by atoms with E-state index in [1.54, 1.807) is 18.0 Å². The van der Waals surface area contributed by atoms with Crippen LogP contribution in [0.2, 0.25) is 0 Å². The third-order valence-corrected chi connectivity index (χ3v) is 6.79. The van der Waals surface area contributed by atoms with E-state index in [1.165, 1.54) is 0 Å². The Balaban J connectivity index is 1.59. The van der Waals surface area contributed by atoms with Gasteiger partial charge < -0.3 is 9.32 Å². The largest absolute Gasteiger partial charge is 0.467 e. The van der Waals surface area contributed by atoms with Crippen LogP contribution in [-0.4, -0.2) is 26.3 Å². The first-order chi connectivity index (χ1) is 14.7. The van der Waals surface area contributed by atoms with Crippen molar-refractivity contribution in [2.75, 3.05) is 5.75 Å². The average Bonchev–Trinajstić information content (AvgIpc) is 3.51. The predicted molar refractivity (Wildman–Crippen MR) is 121 cm³/mol. The summed E-state index contributed by atoms with van der Waals surface area (Å²) >= 11 is 5.13. The molecule has 0 unspecified atom stereocenters. The minimum Gasteiger partial charge on any atom is -0.467 e. The molecule has 2 aromatic carbocycles. The molecule has 30 heavy (non-hydrogen) atoms. The van der Waals surface area contributed by atoms with E-state index < -0.39 is 0 Å². The first-order valence-corrected chi connectivity index (χ1v) is 11.4. The molecule has 150 valence electrons. The lowest BCUT2D eigenvalue weighted by atomic mass is 10.1. The van der Waals surface area contributed by atoms with Crippen LogP contribution in [0.25, 0.3) is 16.9 Å². The Morgan fingerprint density at radius 2 is 1.87 bits per heavy atom. The van der Waals surface area contributed by atoms with Crippen LogP contribution in [0, 0.1) is 0 Å². The third-order valence-electron chi connectivity index (χ3n) is 5.02. The fourth-order valence-corrected chi connectivity index (χ4v) is 5.02. The SMILES string of the molecule is O=C1CS[C@H](c2cn(-c3ccccc3)nc2-c2ccc(Br)cc2)N1Cc1ccco1. The first-order valence-electron chi connectivity index (χ1n) is 9.53. The van der Waals surface area contributed by atoms with E-state index in [2.05, 4.69) is 15.9 Å². The number of benzene rings is 2. The lowest BCUT2D eigenvalue weighted by Crippen LogP contribution is -2.27. The highest BCUT2D eigenvalue weighted by molar-refractivity contribution is 9.10. The predicted octanol–water partition coefficient (Wildman–Crippen LogP) is 5.67. The molecule has 7 heteroatoms. The number of rotatable bonds is 5. The summed E-state index contributed by atoms with van der Waals surface area (Å²) in [5, 5.41) is 4.78. The summed E-state index contributed by atoms with van der Waals surface area (Å²) in [4.78, 5) is 14.6. The van der Waals surface area contributed by atoms with Gasteiger partial charge in [0, 0.05) is 21.8 Å². The summed E-state index contributed by atoms with van der Waals surface area (Å²) < 4.78 is 8.41. The van der Waals surface area contributed by atoms with E-state index in [9.17, 15) is 4.79 Å². The van der Waals surface area contributed by atoms with E-state index in [-0.39, 0.29) is 11.3 Å². The Kier molecular flexibility index (Phi) is 5.23. The number of hydrogen-bond acceptors (Lipinski definition) is 4. The van der Waals surface area contributed by atoms with Crippen molar-refractivity contribution in [1.82, 2.24) is 14.7 Å². The van der Waals surface area contributed by atoms with Gasteiger partial charge in [0.1, 0.15) is 11.1 Å². The standard InChI is InChI=1S/C23H18BrN3O2S/c24-17-10-8-16(9-11-17)22-20(14-27(25-22)18-5-2-1-3-6-18)23-26(21(28)15-30-23)13-19-7-4-12-29-19/h1-12,14,23H,13,15H2/t23-/m1/s1. The van der Waals surface area contributed by atoms with Crippen molar-refractivity contribution in [2.45, 2.75) is 11.9 Å². The number of amides is 1. The molecule has 0 radical (unpaired) electrons. The molecule has 0 saturated carbocycles. The second-order valence-electron chi connectivity index (χ2n) is 6.98. The number of thioether (sulfide) groups is 1. The molecule has 1 saturated heterocycles. The van der Waals surface area contributed by atoms with Crippen molar-refractivity contribution < 1.29 is 9.21 Å². The Hall–Kier alpha value is -2.77. The van der Waals surface area contributed by atoms with Gasteiger partial charge in [-0.05, 0) is 36.4 Å². The second-order valence-corrected chi connectivity index (χ2v) is 8.97. The van der Waals surface area contributed by atoms with Crippen molar-refractivity contribution in [2.24, 2.45) is 0 Å². The molecule has 1 atom stereocenters. The Bertz CT molecular complexity index is 1160. The Morgan fingerprint density at radius 3 is 2.60 bits per heavy atom. The van der Waals surface area contributed by atoms with Gasteiger partial charge in [-0.1, -0.05) is 46.3 Å². The maximum Gasteiger partial charge on any atom is 0.234 e. The summed E-state index contributed by atoms with van der Waals surface area (Å²) in [6, 6.07) is 21.9. The molecule has 0 N–H and O–H groups in total. The van der Waals surface area contributed by atoms with Gasteiger partial charge in [0.05, 0.1) is 29.9 Å². The monoisotopic (exact) mass is 479 g/mol. The van der Waals surface area contributed by atoms with Gasteiger partial charge >= 0.3 is 0 Å². The van der Waals surface area contributed by atoms with E-state index in [1.807, 2.05) is 82.5 Å². The summed E-state index contributed by atoms with van der Waals surface area (Å²) in [5.74, 6) is 1.33. The van der Waals surface area contributed by atoms with Crippen LogP contribution in [0.5, 0.6) is 0 Å². The molecule has 2 aromatic heterocycles. The van der Waals surface area contributed by atoms with E-state index in [0.29, 0.717) is 12.3 Å². The molecule has 1 fully saturated rings. The minimum absolute atomic E-state index is 0.107. The van der Waals surface area contributed by atoms with Crippen LogP contribution in [0.1, 0.15) is 16.7 Å². The van der Waals surface area contributed by atoms with E-state index >= 15 is 0 Å². The minimum atomic E-state index is -0.126. The topological polar surface area (TPSA) is 51.3 Å². The highest BCUT2D eigenvalue weighted by Gasteiger charge is 2.36. The fourth-order valence-electron chi connectivity index (χ4n) is 3.57. The van der Waals surface area contributed by atoms with Crippen LogP contribution in [-0.2, 0) is 11.3 Å². The normalized spacial score (nSPS) is 16.4. The van der Waals surface area contributed by atoms with Crippen LogP contribution in [0.4, 0.5) is 0 Å². The number of carbonyl (C=O) groups excluding carboxylic acids is 1. The maximum atomic E-state index is 12.7. The van der Waals surface area contributed by atoms with Gasteiger partial charge in [-0.15, -0.1) is 11.8 Å². The molecule has 4 aromatic rings. The maximum absolute atomic E-state index is 12.7. The molecular weight excluding hydrogens is 462 g/mol. The number of halogens is 1. The van der Waals surface area contributed by atoms with Crippen molar-refractivity contribution in [3.8, 4) is 16.9 Å². The summed E-state index contributed by atoms with van der Waals surface area (Å²) in [7, 11) is 0. The van der Waals surface area contributed by atoms with Crippen LogP contribution >= 0.6 is 27.7 Å². The number of nitrogens with zero attached hydrogens (tertiary/aromatic N) is 3. The zero-order chi connectivity index (χ0) is 20.5. The molecule has 1 amide bonds. The molecule has 5 rings (SSSR count). The summed E-state index contributed by atoms with van der Waals surface area (Å²) in [5.41, 5.74) is 3.89. The zero-order valence-corrected chi connectivity index (χ0v) is 18.3. The summed E-state index contributed by atoms with van der Waals surface area (Å²) in [6.45, 7) is 0.444. The average molecular weight is 480 g/mol.